The number of benzene rings is 2. The van der Waals surface area contributed by atoms with Gasteiger partial charge in [0.1, 0.15) is 0 Å². The molecular formula is C23H21N5OS. The van der Waals surface area contributed by atoms with E-state index in [0.29, 0.717) is 0 Å². The first-order valence-electron chi connectivity index (χ1n) is 9.80. The van der Waals surface area contributed by atoms with Crippen molar-refractivity contribution in [2.75, 3.05) is 27.8 Å². The Morgan fingerprint density at radius 2 is 1.83 bits per heavy atom. The van der Waals surface area contributed by atoms with Crippen LogP contribution in [0.5, 0.6) is 0 Å². The van der Waals surface area contributed by atoms with Crippen LogP contribution in [-0.4, -0.2) is 28.3 Å². The third-order valence-corrected chi connectivity index (χ3v) is 6.15. The van der Waals surface area contributed by atoms with Crippen LogP contribution in [0.2, 0.25) is 0 Å². The van der Waals surface area contributed by atoms with E-state index in [4.69, 9.17) is 0 Å². The van der Waals surface area contributed by atoms with Crippen molar-refractivity contribution in [1.29, 1.82) is 0 Å². The molecule has 6 nitrogen and oxygen atoms in total. The number of nitrogens with zero attached hydrogens (tertiary/aromatic N) is 2. The molecule has 0 saturated heterocycles. The summed E-state index contributed by atoms with van der Waals surface area (Å²) in [7, 11) is 0. The van der Waals surface area contributed by atoms with E-state index in [2.05, 4.69) is 37.6 Å². The lowest BCUT2D eigenvalue weighted by Crippen LogP contribution is -2.29. The normalized spacial score (nSPS) is 13.1. The highest BCUT2D eigenvalue weighted by Crippen LogP contribution is 2.37. The van der Waals surface area contributed by atoms with Crippen LogP contribution in [-0.2, 0) is 6.54 Å². The van der Waals surface area contributed by atoms with Crippen LogP contribution in [0.15, 0.2) is 78.1 Å². The van der Waals surface area contributed by atoms with E-state index in [1.54, 1.807) is 0 Å². The van der Waals surface area contributed by atoms with Crippen molar-refractivity contribution >= 4 is 45.8 Å². The van der Waals surface area contributed by atoms with Gasteiger partial charge in [0.05, 0.1) is 5.69 Å². The van der Waals surface area contributed by atoms with Gasteiger partial charge in [-0.25, -0.2) is 4.79 Å². The summed E-state index contributed by atoms with van der Waals surface area (Å²) in [6.45, 7) is 1.79. The Morgan fingerprint density at radius 1 is 1.03 bits per heavy atom. The van der Waals surface area contributed by atoms with Crippen molar-refractivity contribution < 1.29 is 4.79 Å². The van der Waals surface area contributed by atoms with E-state index in [9.17, 15) is 4.79 Å². The average molecular weight is 416 g/mol. The number of hydrogen-bond donors (Lipinski definition) is 3. The smallest absolute Gasteiger partial charge is 0.323 e. The second-order valence-corrected chi connectivity index (χ2v) is 8.30. The number of aromatic nitrogens is 2. The number of nitrogens with one attached hydrogen (secondary N) is 3. The van der Waals surface area contributed by atoms with E-state index in [1.165, 1.54) is 10.5 Å². The Balaban J connectivity index is 1.31. The number of carbonyl (C=O) groups is 1. The molecule has 0 radical (unpaired) electrons. The number of urea groups is 1. The highest BCUT2D eigenvalue weighted by Gasteiger charge is 2.18. The van der Waals surface area contributed by atoms with Crippen molar-refractivity contribution in [3.05, 3.63) is 78.8 Å². The second kappa shape index (κ2) is 8.12. The van der Waals surface area contributed by atoms with Crippen LogP contribution < -0.4 is 15.5 Å². The number of amides is 2. The largest absolute Gasteiger partial charge is 0.365 e. The van der Waals surface area contributed by atoms with Crippen LogP contribution in [0.1, 0.15) is 5.56 Å². The van der Waals surface area contributed by atoms with Crippen LogP contribution >= 0.6 is 11.8 Å². The van der Waals surface area contributed by atoms with Crippen molar-refractivity contribution in [2.45, 2.75) is 11.4 Å². The van der Waals surface area contributed by atoms with Gasteiger partial charge in [-0.2, -0.15) is 0 Å². The molecule has 3 heterocycles. The molecule has 2 amide bonds. The van der Waals surface area contributed by atoms with Gasteiger partial charge >= 0.3 is 6.03 Å². The molecule has 2 aromatic heterocycles. The fourth-order valence-corrected chi connectivity index (χ4v) is 4.67. The number of carbonyl (C=O) groups excluding carboxylic acids is 1. The minimum atomic E-state index is -0.259. The van der Waals surface area contributed by atoms with Crippen LogP contribution in [0, 0.1) is 0 Å². The third kappa shape index (κ3) is 3.97. The first-order valence-corrected chi connectivity index (χ1v) is 10.8. The zero-order valence-electron chi connectivity index (χ0n) is 16.3. The van der Waals surface area contributed by atoms with Gasteiger partial charge in [0, 0.05) is 59.2 Å². The summed E-state index contributed by atoms with van der Waals surface area (Å²) in [4.78, 5) is 23.4. The molecule has 0 spiro atoms. The highest BCUT2D eigenvalue weighted by molar-refractivity contribution is 7.99. The first kappa shape index (κ1) is 18.6. The molecule has 5 rings (SSSR count). The number of anilines is 3. The number of rotatable bonds is 4. The Hall–Kier alpha value is -3.45. The Bertz CT molecular complexity index is 1190. The fraction of sp³-hybridized carbons (Fsp3) is 0.130. The van der Waals surface area contributed by atoms with Gasteiger partial charge in [0.2, 0.25) is 0 Å². The molecule has 4 aromatic rings. The minimum absolute atomic E-state index is 0.259. The number of hydrogen-bond acceptors (Lipinski definition) is 4. The third-order valence-electron chi connectivity index (χ3n) is 5.11. The predicted molar refractivity (Wildman–Crippen MR) is 123 cm³/mol. The summed E-state index contributed by atoms with van der Waals surface area (Å²) in [5.41, 5.74) is 4.88. The molecule has 0 bridgehead atoms. The topological polar surface area (TPSA) is 73.1 Å². The van der Waals surface area contributed by atoms with Gasteiger partial charge in [0.15, 0.2) is 0 Å². The van der Waals surface area contributed by atoms with Crippen LogP contribution in [0.4, 0.5) is 21.9 Å². The van der Waals surface area contributed by atoms with E-state index >= 15 is 0 Å². The molecule has 7 heteroatoms. The molecule has 1 aliphatic rings. The molecule has 0 atom stereocenters. The molecule has 30 heavy (non-hydrogen) atoms. The molecule has 1 aliphatic heterocycles. The lowest BCUT2D eigenvalue weighted by atomic mass is 10.2. The average Bonchev–Trinajstić information content (AvgIpc) is 3.23. The van der Waals surface area contributed by atoms with Crippen LogP contribution in [0.3, 0.4) is 0 Å². The second-order valence-electron chi connectivity index (χ2n) is 7.17. The summed E-state index contributed by atoms with van der Waals surface area (Å²) >= 11 is 1.85. The Morgan fingerprint density at radius 3 is 2.70 bits per heavy atom. The lowest BCUT2D eigenvalue weighted by Gasteiger charge is -2.31. The standard InChI is InChI=1S/C23H21N5OS/c29-23(26-18-2-1-17-7-10-25-20(17)13-18)27-19-3-4-22-21(14-19)28(11-12-30-22)15-16-5-8-24-9-6-16/h1-10,13-14,25H,11-12,15H2,(H2,26,27,29). The van der Waals surface area contributed by atoms with Gasteiger partial charge in [-0.3, -0.25) is 4.98 Å². The van der Waals surface area contributed by atoms with E-state index < -0.39 is 0 Å². The molecule has 150 valence electrons. The maximum Gasteiger partial charge on any atom is 0.323 e. The molecule has 0 fully saturated rings. The molecule has 3 N–H and O–H groups in total. The zero-order valence-corrected chi connectivity index (χ0v) is 17.1. The van der Waals surface area contributed by atoms with Crippen molar-refractivity contribution in [1.82, 2.24) is 9.97 Å². The first-order chi connectivity index (χ1) is 14.7. The van der Waals surface area contributed by atoms with Gasteiger partial charge < -0.3 is 20.5 Å². The number of fused-ring (bicyclic) bond motifs is 2. The van der Waals surface area contributed by atoms with Crippen molar-refractivity contribution in [2.24, 2.45) is 0 Å². The number of thioether (sulfide) groups is 1. The van der Waals surface area contributed by atoms with Gasteiger partial charge in [-0.15, -0.1) is 11.8 Å². The summed E-state index contributed by atoms with van der Waals surface area (Å²) in [5.74, 6) is 1.05. The van der Waals surface area contributed by atoms with Gasteiger partial charge in [-0.1, -0.05) is 6.07 Å². The molecule has 0 unspecified atom stereocenters. The fourth-order valence-electron chi connectivity index (χ4n) is 3.64. The minimum Gasteiger partial charge on any atom is -0.365 e. The zero-order chi connectivity index (χ0) is 20.3. The van der Waals surface area contributed by atoms with E-state index in [-0.39, 0.29) is 6.03 Å². The monoisotopic (exact) mass is 415 g/mol. The van der Waals surface area contributed by atoms with E-state index in [1.807, 2.05) is 72.8 Å². The maximum atomic E-state index is 12.5. The molecule has 2 aromatic carbocycles. The summed E-state index contributed by atoms with van der Waals surface area (Å²) < 4.78 is 0. The maximum absolute atomic E-state index is 12.5. The number of aromatic amines is 1. The highest BCUT2D eigenvalue weighted by atomic mass is 32.2. The van der Waals surface area contributed by atoms with Crippen molar-refractivity contribution in [3.8, 4) is 0 Å². The van der Waals surface area contributed by atoms with Crippen molar-refractivity contribution in [3.63, 3.8) is 0 Å². The molecule has 0 aliphatic carbocycles. The summed E-state index contributed by atoms with van der Waals surface area (Å²) in [6.07, 6.45) is 5.53. The summed E-state index contributed by atoms with van der Waals surface area (Å²) in [5, 5.41) is 6.98. The number of H-pyrrole nitrogens is 1. The van der Waals surface area contributed by atoms with Gasteiger partial charge in [0.25, 0.3) is 0 Å². The van der Waals surface area contributed by atoms with Gasteiger partial charge in [-0.05, 0) is 59.5 Å². The summed E-state index contributed by atoms with van der Waals surface area (Å²) in [6, 6.07) is 17.7. The predicted octanol–water partition coefficient (Wildman–Crippen LogP) is 5.32. The quantitative estimate of drug-likeness (QED) is 0.422. The van der Waals surface area contributed by atoms with Crippen LogP contribution in [0.25, 0.3) is 10.9 Å². The lowest BCUT2D eigenvalue weighted by molar-refractivity contribution is 0.262. The Labute approximate surface area is 178 Å². The molecule has 0 saturated carbocycles. The number of pyridine rings is 1. The van der Waals surface area contributed by atoms with E-state index in [0.717, 1.165) is 46.8 Å². The molecular weight excluding hydrogens is 394 g/mol. The SMILES string of the molecule is O=C(Nc1ccc2c(c1)N(Cc1ccncc1)CCS2)Nc1ccc2cc[nH]c2c1. The Kier molecular flexibility index (Phi) is 5.03.